The van der Waals surface area contributed by atoms with Gasteiger partial charge in [0.15, 0.2) is 0 Å². The number of aryl methyl sites for hydroxylation is 1. The van der Waals surface area contributed by atoms with E-state index < -0.39 is 0 Å². The smallest absolute Gasteiger partial charge is 0.224 e. The highest BCUT2D eigenvalue weighted by Gasteiger charge is 2.31. The van der Waals surface area contributed by atoms with Crippen LogP contribution in [0.15, 0.2) is 24.3 Å². The van der Waals surface area contributed by atoms with Gasteiger partial charge in [-0.2, -0.15) is 0 Å². The first-order valence-corrected chi connectivity index (χ1v) is 7.34. The number of fused-ring (bicyclic) bond motifs is 1. The minimum Gasteiger partial charge on any atom is -0.353 e. The van der Waals surface area contributed by atoms with Crippen molar-refractivity contribution in [2.75, 3.05) is 6.54 Å². The van der Waals surface area contributed by atoms with Crippen LogP contribution >= 0.6 is 0 Å². The number of hydrogen-bond donors (Lipinski definition) is 2. The summed E-state index contributed by atoms with van der Waals surface area (Å²) in [6, 6.07) is 9.21. The molecular formula is C16H22N2O. The van der Waals surface area contributed by atoms with Crippen LogP contribution in [0.1, 0.15) is 30.9 Å². The van der Waals surface area contributed by atoms with Crippen LogP contribution in [0.25, 0.3) is 0 Å². The van der Waals surface area contributed by atoms with Gasteiger partial charge in [-0.15, -0.1) is 0 Å². The maximum absolute atomic E-state index is 12.3. The Morgan fingerprint density at radius 3 is 2.79 bits per heavy atom. The van der Waals surface area contributed by atoms with Crippen LogP contribution in [-0.4, -0.2) is 24.5 Å². The Morgan fingerprint density at radius 1 is 1.26 bits per heavy atom. The normalized spacial score (nSPS) is 29.8. The molecule has 3 unspecified atom stereocenters. The van der Waals surface area contributed by atoms with Gasteiger partial charge in [0.1, 0.15) is 0 Å². The average molecular weight is 258 g/mol. The minimum atomic E-state index is 0.150. The SMILES string of the molecule is CC1NCCC1C(=O)NC1CCc2ccccc2C1. The Balaban J connectivity index is 1.61. The van der Waals surface area contributed by atoms with Gasteiger partial charge in [0.2, 0.25) is 5.91 Å². The third-order valence-electron chi connectivity index (χ3n) is 4.56. The summed E-state index contributed by atoms with van der Waals surface area (Å²) in [4.78, 5) is 12.3. The van der Waals surface area contributed by atoms with Crippen molar-refractivity contribution in [3.05, 3.63) is 35.4 Å². The van der Waals surface area contributed by atoms with E-state index in [1.165, 1.54) is 11.1 Å². The predicted octanol–water partition coefficient (Wildman–Crippen LogP) is 1.66. The molecule has 1 aliphatic heterocycles. The van der Waals surface area contributed by atoms with Crippen LogP contribution in [0.4, 0.5) is 0 Å². The molecule has 3 atom stereocenters. The molecule has 1 aliphatic carbocycles. The van der Waals surface area contributed by atoms with Crippen LogP contribution < -0.4 is 10.6 Å². The zero-order valence-corrected chi connectivity index (χ0v) is 11.5. The number of benzene rings is 1. The number of amides is 1. The maximum Gasteiger partial charge on any atom is 0.224 e. The fourth-order valence-corrected chi connectivity index (χ4v) is 3.35. The lowest BCUT2D eigenvalue weighted by Crippen LogP contribution is -2.44. The Hall–Kier alpha value is -1.35. The van der Waals surface area contributed by atoms with E-state index in [4.69, 9.17) is 0 Å². The number of nitrogens with one attached hydrogen (secondary N) is 2. The molecule has 2 aliphatic rings. The quantitative estimate of drug-likeness (QED) is 0.847. The summed E-state index contributed by atoms with van der Waals surface area (Å²) in [6.45, 7) is 3.07. The van der Waals surface area contributed by atoms with E-state index in [1.54, 1.807) is 0 Å². The molecule has 1 aromatic rings. The number of carbonyl (C=O) groups excluding carboxylic acids is 1. The minimum absolute atomic E-state index is 0.150. The van der Waals surface area contributed by atoms with Gasteiger partial charge in [0.05, 0.1) is 5.92 Å². The predicted molar refractivity (Wildman–Crippen MR) is 76.0 cm³/mol. The third-order valence-corrected chi connectivity index (χ3v) is 4.56. The van der Waals surface area contributed by atoms with Crippen LogP contribution in [0.3, 0.4) is 0 Å². The topological polar surface area (TPSA) is 41.1 Å². The van der Waals surface area contributed by atoms with Gasteiger partial charge >= 0.3 is 0 Å². The van der Waals surface area contributed by atoms with Crippen molar-refractivity contribution in [1.29, 1.82) is 0 Å². The van der Waals surface area contributed by atoms with Gasteiger partial charge in [-0.3, -0.25) is 4.79 Å². The van der Waals surface area contributed by atoms with Crippen LogP contribution in [-0.2, 0) is 17.6 Å². The second kappa shape index (κ2) is 5.33. The maximum atomic E-state index is 12.3. The summed E-state index contributed by atoms with van der Waals surface area (Å²) < 4.78 is 0. The summed E-state index contributed by atoms with van der Waals surface area (Å²) in [5.41, 5.74) is 2.85. The van der Waals surface area contributed by atoms with Gasteiger partial charge in [0, 0.05) is 12.1 Å². The number of hydrogen-bond acceptors (Lipinski definition) is 2. The highest BCUT2D eigenvalue weighted by Crippen LogP contribution is 2.22. The lowest BCUT2D eigenvalue weighted by Gasteiger charge is -2.27. The van der Waals surface area contributed by atoms with Crippen LogP contribution in [0.2, 0.25) is 0 Å². The average Bonchev–Trinajstić information content (AvgIpc) is 2.85. The second-order valence-electron chi connectivity index (χ2n) is 5.85. The van der Waals surface area contributed by atoms with Crippen molar-refractivity contribution >= 4 is 5.91 Å². The molecule has 102 valence electrons. The summed E-state index contributed by atoms with van der Waals surface area (Å²) in [5, 5.41) is 6.60. The summed E-state index contributed by atoms with van der Waals surface area (Å²) in [7, 11) is 0. The number of carbonyl (C=O) groups is 1. The first-order chi connectivity index (χ1) is 9.24. The van der Waals surface area contributed by atoms with Crippen LogP contribution in [0, 0.1) is 5.92 Å². The largest absolute Gasteiger partial charge is 0.353 e. The van der Waals surface area contributed by atoms with Crippen molar-refractivity contribution in [3.8, 4) is 0 Å². The monoisotopic (exact) mass is 258 g/mol. The molecule has 0 bridgehead atoms. The third kappa shape index (κ3) is 2.66. The standard InChI is InChI=1S/C16H22N2O/c1-11-15(8-9-17-11)16(19)18-14-7-6-12-4-2-3-5-13(12)10-14/h2-5,11,14-15,17H,6-10H2,1H3,(H,18,19). The molecule has 3 rings (SSSR count). The molecular weight excluding hydrogens is 236 g/mol. The van der Waals surface area contributed by atoms with E-state index in [0.29, 0.717) is 12.1 Å². The lowest BCUT2D eigenvalue weighted by atomic mass is 9.88. The van der Waals surface area contributed by atoms with Crippen molar-refractivity contribution in [3.63, 3.8) is 0 Å². The molecule has 0 radical (unpaired) electrons. The molecule has 3 heteroatoms. The number of rotatable bonds is 2. The molecule has 3 nitrogen and oxygen atoms in total. The van der Waals surface area contributed by atoms with E-state index in [-0.39, 0.29) is 11.8 Å². The van der Waals surface area contributed by atoms with Gasteiger partial charge in [-0.05, 0) is 50.3 Å². The zero-order valence-electron chi connectivity index (χ0n) is 11.5. The highest BCUT2D eigenvalue weighted by atomic mass is 16.2. The lowest BCUT2D eigenvalue weighted by molar-refractivity contribution is -0.125. The van der Waals surface area contributed by atoms with E-state index in [1.807, 2.05) is 0 Å². The van der Waals surface area contributed by atoms with Crippen molar-refractivity contribution in [2.24, 2.45) is 5.92 Å². The van der Waals surface area contributed by atoms with E-state index in [9.17, 15) is 4.79 Å². The van der Waals surface area contributed by atoms with Crippen molar-refractivity contribution in [2.45, 2.75) is 44.7 Å². The summed E-state index contributed by atoms with van der Waals surface area (Å²) in [6.07, 6.45) is 4.10. The Morgan fingerprint density at radius 2 is 2.05 bits per heavy atom. The molecule has 1 saturated heterocycles. The molecule has 1 aromatic carbocycles. The van der Waals surface area contributed by atoms with E-state index >= 15 is 0 Å². The molecule has 1 heterocycles. The molecule has 1 fully saturated rings. The summed E-state index contributed by atoms with van der Waals surface area (Å²) >= 11 is 0. The second-order valence-corrected chi connectivity index (χ2v) is 5.85. The fourth-order valence-electron chi connectivity index (χ4n) is 3.35. The van der Waals surface area contributed by atoms with E-state index in [0.717, 1.165) is 32.2 Å². The van der Waals surface area contributed by atoms with Gasteiger partial charge < -0.3 is 10.6 Å². The Bertz CT molecular complexity index is 472. The molecule has 1 amide bonds. The Kier molecular flexibility index (Phi) is 3.56. The first kappa shape index (κ1) is 12.7. The van der Waals surface area contributed by atoms with Gasteiger partial charge in [-0.1, -0.05) is 24.3 Å². The first-order valence-electron chi connectivity index (χ1n) is 7.34. The van der Waals surface area contributed by atoms with Gasteiger partial charge in [-0.25, -0.2) is 0 Å². The molecule has 0 saturated carbocycles. The molecule has 0 spiro atoms. The van der Waals surface area contributed by atoms with Crippen molar-refractivity contribution in [1.82, 2.24) is 10.6 Å². The fraction of sp³-hybridized carbons (Fsp3) is 0.562. The van der Waals surface area contributed by atoms with Crippen molar-refractivity contribution < 1.29 is 4.79 Å². The van der Waals surface area contributed by atoms with E-state index in [2.05, 4.69) is 41.8 Å². The summed E-state index contributed by atoms with van der Waals surface area (Å²) in [5.74, 6) is 0.388. The molecule has 0 aromatic heterocycles. The van der Waals surface area contributed by atoms with Crippen LogP contribution in [0.5, 0.6) is 0 Å². The zero-order chi connectivity index (χ0) is 13.2. The Labute approximate surface area is 114 Å². The molecule has 19 heavy (non-hydrogen) atoms. The highest BCUT2D eigenvalue weighted by molar-refractivity contribution is 5.80. The molecule has 2 N–H and O–H groups in total. The van der Waals surface area contributed by atoms with Gasteiger partial charge in [0.25, 0.3) is 0 Å².